The minimum Gasteiger partial charge on any atom is -0.354 e. The molecule has 0 aliphatic rings. The predicted octanol–water partition coefficient (Wildman–Crippen LogP) is 1.43. The molecule has 0 bridgehead atoms. The molecule has 1 amide bonds. The third kappa shape index (κ3) is 3.97. The first-order chi connectivity index (χ1) is 10.5. The minimum absolute atomic E-state index is 0.0419. The Balaban J connectivity index is 2.12. The van der Waals surface area contributed by atoms with Crippen molar-refractivity contribution in [2.45, 2.75) is 32.7 Å². The Hall–Kier alpha value is -2.57. The van der Waals surface area contributed by atoms with Crippen LogP contribution in [0.15, 0.2) is 29.1 Å². The lowest BCUT2D eigenvalue weighted by Crippen LogP contribution is -2.31. The van der Waals surface area contributed by atoms with E-state index >= 15 is 0 Å². The van der Waals surface area contributed by atoms with E-state index in [2.05, 4.69) is 20.5 Å². The zero-order valence-corrected chi connectivity index (χ0v) is 12.4. The number of hydrogen-bond donors (Lipinski definition) is 2. The molecule has 0 radical (unpaired) electrons. The highest BCUT2D eigenvalue weighted by molar-refractivity contribution is 5.76. The fourth-order valence-corrected chi connectivity index (χ4v) is 1.92. The Morgan fingerprint density at radius 1 is 1.32 bits per heavy atom. The summed E-state index contributed by atoms with van der Waals surface area (Å²) in [6.45, 7) is 3.71. The number of halogens is 1. The Morgan fingerprint density at radius 3 is 2.68 bits per heavy atom. The zero-order valence-electron chi connectivity index (χ0n) is 12.4. The minimum atomic E-state index is -0.489. The van der Waals surface area contributed by atoms with Gasteiger partial charge in [-0.25, -0.2) is 4.39 Å². The zero-order chi connectivity index (χ0) is 16.1. The van der Waals surface area contributed by atoms with Crippen LogP contribution in [0.5, 0.6) is 0 Å². The number of aromatic amines is 1. The van der Waals surface area contributed by atoms with Crippen LogP contribution in [-0.4, -0.2) is 27.1 Å². The summed E-state index contributed by atoms with van der Waals surface area (Å²) in [6.07, 6.45) is 0.327. The van der Waals surface area contributed by atoms with Crippen molar-refractivity contribution >= 4 is 5.91 Å². The van der Waals surface area contributed by atoms with Crippen LogP contribution < -0.4 is 10.9 Å². The molecule has 0 aliphatic heterocycles. The maximum absolute atomic E-state index is 13.6. The lowest BCUT2D eigenvalue weighted by molar-refractivity contribution is -0.121. The van der Waals surface area contributed by atoms with Crippen molar-refractivity contribution in [1.82, 2.24) is 20.5 Å². The molecule has 0 fully saturated rings. The van der Waals surface area contributed by atoms with E-state index in [1.165, 1.54) is 12.1 Å². The van der Waals surface area contributed by atoms with Crippen molar-refractivity contribution in [2.75, 3.05) is 0 Å². The molecule has 0 saturated heterocycles. The molecule has 0 aliphatic carbocycles. The van der Waals surface area contributed by atoms with Gasteiger partial charge in [0.15, 0.2) is 5.82 Å². The Kier molecular flexibility index (Phi) is 4.98. The van der Waals surface area contributed by atoms with Crippen LogP contribution in [0.1, 0.15) is 26.0 Å². The summed E-state index contributed by atoms with van der Waals surface area (Å²) in [5.41, 5.74) is -0.138. The van der Waals surface area contributed by atoms with E-state index in [1.807, 2.05) is 13.8 Å². The molecule has 1 aromatic carbocycles. The van der Waals surface area contributed by atoms with E-state index < -0.39 is 11.4 Å². The predicted molar refractivity (Wildman–Crippen MR) is 79.6 cm³/mol. The second-order valence-corrected chi connectivity index (χ2v) is 5.15. The third-order valence-electron chi connectivity index (χ3n) is 2.93. The maximum Gasteiger partial charge on any atom is 0.273 e. The van der Waals surface area contributed by atoms with Gasteiger partial charge in [0, 0.05) is 18.9 Å². The summed E-state index contributed by atoms with van der Waals surface area (Å²) >= 11 is 0. The van der Waals surface area contributed by atoms with Crippen LogP contribution in [0, 0.1) is 5.82 Å². The first kappa shape index (κ1) is 15.8. The molecule has 116 valence electrons. The van der Waals surface area contributed by atoms with E-state index in [0.717, 1.165) is 0 Å². The van der Waals surface area contributed by atoms with Gasteiger partial charge in [0.2, 0.25) is 5.91 Å². The fourth-order valence-electron chi connectivity index (χ4n) is 1.92. The van der Waals surface area contributed by atoms with E-state index in [-0.39, 0.29) is 41.9 Å². The average molecular weight is 304 g/mol. The molecular weight excluding hydrogens is 287 g/mol. The molecule has 0 spiro atoms. The molecule has 2 rings (SSSR count). The molecule has 0 saturated carbocycles. The molecule has 2 aromatic rings. The van der Waals surface area contributed by atoms with Crippen LogP contribution in [-0.2, 0) is 11.2 Å². The van der Waals surface area contributed by atoms with Gasteiger partial charge < -0.3 is 10.3 Å². The Labute approximate surface area is 126 Å². The molecule has 0 unspecified atom stereocenters. The van der Waals surface area contributed by atoms with Gasteiger partial charge in [-0.3, -0.25) is 9.59 Å². The van der Waals surface area contributed by atoms with Gasteiger partial charge >= 0.3 is 0 Å². The second-order valence-electron chi connectivity index (χ2n) is 5.15. The SMILES string of the molecule is CC(C)NC(=O)CCc1nnc(-c2ccccc2F)[nH]c1=O. The van der Waals surface area contributed by atoms with Crippen LogP contribution in [0.4, 0.5) is 4.39 Å². The number of aromatic nitrogens is 3. The monoisotopic (exact) mass is 304 g/mol. The van der Waals surface area contributed by atoms with E-state index in [4.69, 9.17) is 0 Å². The topological polar surface area (TPSA) is 87.7 Å². The largest absolute Gasteiger partial charge is 0.354 e. The molecule has 1 aromatic heterocycles. The Morgan fingerprint density at radius 2 is 2.05 bits per heavy atom. The van der Waals surface area contributed by atoms with Crippen LogP contribution >= 0.6 is 0 Å². The van der Waals surface area contributed by atoms with Crippen LogP contribution in [0.25, 0.3) is 11.4 Å². The highest BCUT2D eigenvalue weighted by Crippen LogP contribution is 2.16. The summed E-state index contributed by atoms with van der Waals surface area (Å²) < 4.78 is 13.6. The normalized spacial score (nSPS) is 10.7. The van der Waals surface area contributed by atoms with Crippen molar-refractivity contribution in [1.29, 1.82) is 0 Å². The quantitative estimate of drug-likeness (QED) is 0.874. The summed E-state index contributed by atoms with van der Waals surface area (Å²) in [5.74, 6) is -0.579. The standard InChI is InChI=1S/C15H17FN4O2/c1-9(2)17-13(21)8-7-12-15(22)18-14(20-19-12)10-5-3-4-6-11(10)16/h3-6,9H,7-8H2,1-2H3,(H,17,21)(H,18,20,22). The smallest absolute Gasteiger partial charge is 0.273 e. The fraction of sp³-hybridized carbons (Fsp3) is 0.333. The van der Waals surface area contributed by atoms with Crippen molar-refractivity contribution in [3.63, 3.8) is 0 Å². The van der Waals surface area contributed by atoms with E-state index in [0.29, 0.717) is 0 Å². The number of nitrogens with zero attached hydrogens (tertiary/aromatic N) is 2. The molecule has 6 nitrogen and oxygen atoms in total. The van der Waals surface area contributed by atoms with Crippen molar-refractivity contribution in [2.24, 2.45) is 0 Å². The second kappa shape index (κ2) is 6.93. The molecule has 22 heavy (non-hydrogen) atoms. The van der Waals surface area contributed by atoms with Crippen molar-refractivity contribution < 1.29 is 9.18 Å². The summed E-state index contributed by atoms with van der Waals surface area (Å²) in [4.78, 5) is 26.0. The number of rotatable bonds is 5. The third-order valence-corrected chi connectivity index (χ3v) is 2.93. The summed E-state index contributed by atoms with van der Waals surface area (Å²) in [7, 11) is 0. The lowest BCUT2D eigenvalue weighted by Gasteiger charge is -2.07. The highest BCUT2D eigenvalue weighted by atomic mass is 19.1. The summed E-state index contributed by atoms with van der Waals surface area (Å²) in [6, 6.07) is 6.01. The number of aryl methyl sites for hydroxylation is 1. The number of carbonyl (C=O) groups is 1. The number of hydrogen-bond acceptors (Lipinski definition) is 4. The van der Waals surface area contributed by atoms with Gasteiger partial charge in [-0.15, -0.1) is 10.2 Å². The average Bonchev–Trinajstić information content (AvgIpc) is 2.45. The van der Waals surface area contributed by atoms with Crippen molar-refractivity contribution in [3.8, 4) is 11.4 Å². The molecule has 0 atom stereocenters. The number of nitrogens with one attached hydrogen (secondary N) is 2. The van der Waals surface area contributed by atoms with Crippen molar-refractivity contribution in [3.05, 3.63) is 46.1 Å². The van der Waals surface area contributed by atoms with Gasteiger partial charge in [0.1, 0.15) is 11.5 Å². The molecule has 1 heterocycles. The van der Waals surface area contributed by atoms with Gasteiger partial charge in [-0.1, -0.05) is 12.1 Å². The number of carbonyl (C=O) groups excluding carboxylic acids is 1. The molecular formula is C15H17FN4O2. The van der Waals surface area contributed by atoms with Gasteiger partial charge in [-0.05, 0) is 26.0 Å². The lowest BCUT2D eigenvalue weighted by atomic mass is 10.2. The highest BCUT2D eigenvalue weighted by Gasteiger charge is 2.11. The summed E-state index contributed by atoms with van der Waals surface area (Å²) in [5, 5.41) is 10.4. The Bertz CT molecular complexity index is 727. The first-order valence-corrected chi connectivity index (χ1v) is 6.97. The maximum atomic E-state index is 13.6. The molecule has 2 N–H and O–H groups in total. The number of amides is 1. The van der Waals surface area contributed by atoms with Gasteiger partial charge in [0.25, 0.3) is 5.56 Å². The van der Waals surface area contributed by atoms with Gasteiger partial charge in [-0.2, -0.15) is 0 Å². The van der Waals surface area contributed by atoms with E-state index in [1.54, 1.807) is 12.1 Å². The van der Waals surface area contributed by atoms with Crippen LogP contribution in [0.3, 0.4) is 0 Å². The van der Waals surface area contributed by atoms with Crippen LogP contribution in [0.2, 0.25) is 0 Å². The first-order valence-electron chi connectivity index (χ1n) is 6.97. The van der Waals surface area contributed by atoms with E-state index in [9.17, 15) is 14.0 Å². The molecule has 7 heteroatoms. The number of H-pyrrole nitrogens is 1. The van der Waals surface area contributed by atoms with Gasteiger partial charge in [0.05, 0.1) is 5.56 Å². The number of benzene rings is 1.